The fourth-order valence-corrected chi connectivity index (χ4v) is 7.66. The monoisotopic (exact) mass is 600 g/mol. The molecule has 9 heteroatoms. The highest BCUT2D eigenvalue weighted by Gasteiger charge is 2.40. The number of carbonyl (C=O) groups excluding carboxylic acids is 4. The molecule has 2 bridgehead atoms. The smallest absolute Gasteiger partial charge is 0.251 e. The zero-order valence-corrected chi connectivity index (χ0v) is 25.5. The van der Waals surface area contributed by atoms with E-state index in [0.29, 0.717) is 55.2 Å². The van der Waals surface area contributed by atoms with Gasteiger partial charge in [0, 0.05) is 54.8 Å². The number of hydrogen-bond acceptors (Lipinski definition) is 5. The lowest BCUT2D eigenvalue weighted by molar-refractivity contribution is -0.126. The lowest BCUT2D eigenvalue weighted by Crippen LogP contribution is -2.47. The lowest BCUT2D eigenvalue weighted by atomic mass is 9.91. The molecule has 2 aromatic rings. The molecule has 2 saturated carbocycles. The standard InChI is InChI=1S/C35H44N4O5/c1-22(34(43)36-29-18-24-11-12-25(29)16-24)15-31(40)30(17-23-7-3-2-4-8-23)37-35(44)26-19-27(38-13-5-9-32(38)41)21-28(20-26)39-14-6-10-33(39)42/h2-4,7-8,19-22,24-25,29-31,40H,5-6,9-18H2,1H3,(H,36,43)(H,37,44)/t22-,24?,25?,29?,30?,31+/m1/s1. The van der Waals surface area contributed by atoms with E-state index in [1.54, 1.807) is 21.9 Å². The van der Waals surface area contributed by atoms with Crippen LogP contribution in [0, 0.1) is 17.8 Å². The van der Waals surface area contributed by atoms with E-state index in [-0.39, 0.29) is 30.2 Å². The SMILES string of the molecule is C[C@H](C[C@H](O)C(Cc1ccccc1)NC(=O)c1cc(N2CCCC2=O)cc(N2CCCC2=O)c1)C(=O)NC1CC2CCC1C2. The largest absolute Gasteiger partial charge is 0.391 e. The Balaban J connectivity index is 1.20. The molecule has 2 heterocycles. The zero-order chi connectivity index (χ0) is 30.8. The van der Waals surface area contributed by atoms with Crippen LogP contribution in [0.25, 0.3) is 0 Å². The van der Waals surface area contributed by atoms with Crippen LogP contribution in [0.4, 0.5) is 11.4 Å². The molecule has 4 fully saturated rings. The highest BCUT2D eigenvalue weighted by atomic mass is 16.3. The van der Waals surface area contributed by atoms with E-state index in [4.69, 9.17) is 0 Å². The fraction of sp³-hybridized carbons (Fsp3) is 0.543. The highest BCUT2D eigenvalue weighted by molar-refractivity contribution is 6.03. The summed E-state index contributed by atoms with van der Waals surface area (Å²) in [4.78, 5) is 55.6. The minimum atomic E-state index is -0.970. The molecule has 2 aliphatic heterocycles. The van der Waals surface area contributed by atoms with Gasteiger partial charge in [-0.15, -0.1) is 0 Å². The van der Waals surface area contributed by atoms with E-state index in [9.17, 15) is 24.3 Å². The minimum absolute atomic E-state index is 0.00340. The molecule has 4 unspecified atom stereocenters. The van der Waals surface area contributed by atoms with Gasteiger partial charge in [0.15, 0.2) is 0 Å². The summed E-state index contributed by atoms with van der Waals surface area (Å²) in [5, 5.41) is 17.8. The number of aliphatic hydroxyl groups excluding tert-OH is 1. The van der Waals surface area contributed by atoms with Crippen LogP contribution in [0.5, 0.6) is 0 Å². The molecule has 2 aromatic carbocycles. The van der Waals surface area contributed by atoms with Gasteiger partial charge < -0.3 is 25.5 Å². The normalized spacial score (nSPS) is 24.9. The Bertz CT molecular complexity index is 1350. The summed E-state index contributed by atoms with van der Waals surface area (Å²) in [5.74, 6) is 0.422. The fourth-order valence-electron chi connectivity index (χ4n) is 7.66. The maximum absolute atomic E-state index is 13.9. The van der Waals surface area contributed by atoms with Crippen LogP contribution in [0.15, 0.2) is 48.5 Å². The summed E-state index contributed by atoms with van der Waals surface area (Å²) in [6.45, 7) is 2.97. The third-order valence-corrected chi connectivity index (χ3v) is 10.1. The van der Waals surface area contributed by atoms with Crippen molar-refractivity contribution in [3.63, 3.8) is 0 Å². The molecule has 6 rings (SSSR count). The van der Waals surface area contributed by atoms with Crippen molar-refractivity contribution in [3.05, 3.63) is 59.7 Å². The van der Waals surface area contributed by atoms with Crippen molar-refractivity contribution in [1.82, 2.24) is 10.6 Å². The molecule has 2 saturated heterocycles. The van der Waals surface area contributed by atoms with Gasteiger partial charge in [-0.3, -0.25) is 19.2 Å². The van der Waals surface area contributed by atoms with Crippen molar-refractivity contribution in [2.45, 2.75) is 89.3 Å². The van der Waals surface area contributed by atoms with Crippen LogP contribution in [0.2, 0.25) is 0 Å². The predicted molar refractivity (Wildman–Crippen MR) is 168 cm³/mol. The minimum Gasteiger partial charge on any atom is -0.391 e. The van der Waals surface area contributed by atoms with Crippen molar-refractivity contribution in [2.75, 3.05) is 22.9 Å². The molecular formula is C35H44N4O5. The van der Waals surface area contributed by atoms with E-state index in [2.05, 4.69) is 10.6 Å². The van der Waals surface area contributed by atoms with Crippen molar-refractivity contribution in [3.8, 4) is 0 Å². The highest BCUT2D eigenvalue weighted by Crippen LogP contribution is 2.44. The quantitative estimate of drug-likeness (QED) is 0.361. The second-order valence-corrected chi connectivity index (χ2v) is 13.3. The Kier molecular flexibility index (Phi) is 9.03. The molecule has 0 aromatic heterocycles. The lowest BCUT2D eigenvalue weighted by Gasteiger charge is -2.28. The van der Waals surface area contributed by atoms with Gasteiger partial charge in [0.2, 0.25) is 17.7 Å². The number of rotatable bonds is 11. The van der Waals surface area contributed by atoms with E-state index in [1.807, 2.05) is 43.3 Å². The Morgan fingerprint density at radius 2 is 1.59 bits per heavy atom. The van der Waals surface area contributed by atoms with Gasteiger partial charge in [-0.1, -0.05) is 43.7 Å². The summed E-state index contributed by atoms with van der Waals surface area (Å²) < 4.78 is 0. The summed E-state index contributed by atoms with van der Waals surface area (Å²) in [6.07, 6.45) is 6.70. The molecule has 6 atom stereocenters. The first-order chi connectivity index (χ1) is 21.2. The number of benzene rings is 2. The number of amides is 4. The summed E-state index contributed by atoms with van der Waals surface area (Å²) in [5.41, 5.74) is 2.47. The van der Waals surface area contributed by atoms with Crippen LogP contribution >= 0.6 is 0 Å². The van der Waals surface area contributed by atoms with Gasteiger partial charge in [-0.05, 0) is 80.5 Å². The predicted octanol–water partition coefficient (Wildman–Crippen LogP) is 3.97. The van der Waals surface area contributed by atoms with Gasteiger partial charge in [-0.2, -0.15) is 0 Å². The van der Waals surface area contributed by atoms with Gasteiger partial charge >= 0.3 is 0 Å². The van der Waals surface area contributed by atoms with Crippen molar-refractivity contribution < 1.29 is 24.3 Å². The Labute approximate surface area is 259 Å². The summed E-state index contributed by atoms with van der Waals surface area (Å²) in [7, 11) is 0. The van der Waals surface area contributed by atoms with E-state index in [1.165, 1.54) is 19.3 Å². The second-order valence-electron chi connectivity index (χ2n) is 13.3. The number of nitrogens with one attached hydrogen (secondary N) is 2. The summed E-state index contributed by atoms with van der Waals surface area (Å²) in [6, 6.07) is 14.4. The van der Waals surface area contributed by atoms with Crippen LogP contribution in [0.3, 0.4) is 0 Å². The zero-order valence-electron chi connectivity index (χ0n) is 25.5. The van der Waals surface area contributed by atoms with Gasteiger partial charge in [0.25, 0.3) is 5.91 Å². The maximum Gasteiger partial charge on any atom is 0.251 e. The number of nitrogens with zero attached hydrogens (tertiary/aromatic N) is 2. The average molecular weight is 601 g/mol. The van der Waals surface area contributed by atoms with Crippen LogP contribution in [-0.2, 0) is 20.8 Å². The maximum atomic E-state index is 13.9. The molecule has 44 heavy (non-hydrogen) atoms. The van der Waals surface area contributed by atoms with Crippen molar-refractivity contribution in [2.24, 2.45) is 17.8 Å². The first kappa shape index (κ1) is 30.3. The van der Waals surface area contributed by atoms with E-state index >= 15 is 0 Å². The van der Waals surface area contributed by atoms with Crippen LogP contribution in [-0.4, -0.2) is 60.0 Å². The first-order valence-electron chi connectivity index (χ1n) is 16.3. The molecule has 0 spiro atoms. The molecule has 4 amide bonds. The Morgan fingerprint density at radius 3 is 2.14 bits per heavy atom. The van der Waals surface area contributed by atoms with Gasteiger partial charge in [0.1, 0.15) is 0 Å². The van der Waals surface area contributed by atoms with Crippen molar-refractivity contribution in [1.29, 1.82) is 0 Å². The molecule has 234 valence electrons. The van der Waals surface area contributed by atoms with Crippen LogP contribution < -0.4 is 20.4 Å². The van der Waals surface area contributed by atoms with Crippen LogP contribution in [0.1, 0.15) is 80.6 Å². The topological polar surface area (TPSA) is 119 Å². The van der Waals surface area contributed by atoms with E-state index < -0.39 is 24.0 Å². The van der Waals surface area contributed by atoms with Gasteiger partial charge in [0.05, 0.1) is 12.1 Å². The molecule has 3 N–H and O–H groups in total. The molecular weight excluding hydrogens is 556 g/mol. The number of aliphatic hydroxyl groups is 1. The van der Waals surface area contributed by atoms with Gasteiger partial charge in [-0.25, -0.2) is 0 Å². The van der Waals surface area contributed by atoms with Crippen molar-refractivity contribution >= 4 is 35.0 Å². The third-order valence-electron chi connectivity index (χ3n) is 10.1. The Morgan fingerprint density at radius 1 is 0.932 bits per heavy atom. The Hall–Kier alpha value is -3.72. The van der Waals surface area contributed by atoms with E-state index in [0.717, 1.165) is 30.7 Å². The number of carbonyl (C=O) groups is 4. The summed E-state index contributed by atoms with van der Waals surface area (Å²) >= 11 is 0. The number of hydrogen-bond donors (Lipinski definition) is 3. The molecule has 4 aliphatic rings. The number of fused-ring (bicyclic) bond motifs is 2. The molecule has 9 nitrogen and oxygen atoms in total. The number of anilines is 2. The molecule has 2 aliphatic carbocycles. The average Bonchev–Trinajstić information content (AvgIpc) is 3.83. The molecule has 0 radical (unpaired) electrons. The first-order valence-corrected chi connectivity index (χ1v) is 16.3. The third kappa shape index (κ3) is 6.67. The second kappa shape index (κ2) is 13.1.